The summed E-state index contributed by atoms with van der Waals surface area (Å²) in [7, 11) is 0. The van der Waals surface area contributed by atoms with Crippen LogP contribution in [-0.2, 0) is 6.54 Å². The van der Waals surface area contributed by atoms with Crippen molar-refractivity contribution in [1.82, 2.24) is 10.5 Å². The number of hydrogen-bond donors (Lipinski definition) is 2. The number of aryl methyl sites for hydroxylation is 1. The fourth-order valence-electron chi connectivity index (χ4n) is 1.02. The lowest BCUT2D eigenvalue weighted by Gasteiger charge is -2.08. The molecule has 74 valence electrons. The Morgan fingerprint density at radius 1 is 1.69 bits per heavy atom. The van der Waals surface area contributed by atoms with Crippen LogP contribution in [0.15, 0.2) is 10.6 Å². The summed E-state index contributed by atoms with van der Waals surface area (Å²) in [6.07, 6.45) is 0.989. The molecule has 0 aliphatic heterocycles. The third kappa shape index (κ3) is 3.57. The lowest BCUT2D eigenvalue weighted by molar-refractivity contribution is 0.367. The Hall–Kier alpha value is -0.870. The molecule has 0 spiro atoms. The molecule has 0 aliphatic rings. The third-order valence-electron chi connectivity index (χ3n) is 1.91. The zero-order valence-corrected chi connectivity index (χ0v) is 8.21. The SMILES string of the molecule is CCC(N)CNCc1cc(C)no1. The summed E-state index contributed by atoms with van der Waals surface area (Å²) in [5.74, 6) is 0.862. The predicted octanol–water partition coefficient (Wildman–Crippen LogP) is 0.810. The minimum atomic E-state index is 0.226. The smallest absolute Gasteiger partial charge is 0.150 e. The van der Waals surface area contributed by atoms with E-state index in [-0.39, 0.29) is 6.04 Å². The molecule has 0 fully saturated rings. The Morgan fingerprint density at radius 3 is 3.00 bits per heavy atom. The largest absolute Gasteiger partial charge is 0.360 e. The summed E-state index contributed by atoms with van der Waals surface area (Å²) in [5, 5.41) is 7.00. The molecule has 1 rings (SSSR count). The summed E-state index contributed by atoms with van der Waals surface area (Å²) in [6.45, 7) is 5.50. The highest BCUT2D eigenvalue weighted by Crippen LogP contribution is 2.00. The first-order valence-electron chi connectivity index (χ1n) is 4.61. The monoisotopic (exact) mass is 183 g/mol. The van der Waals surface area contributed by atoms with Crippen molar-refractivity contribution in [3.8, 4) is 0 Å². The van der Waals surface area contributed by atoms with E-state index in [4.69, 9.17) is 10.3 Å². The lowest BCUT2D eigenvalue weighted by atomic mass is 10.2. The van der Waals surface area contributed by atoms with Gasteiger partial charge in [0.1, 0.15) is 0 Å². The highest BCUT2D eigenvalue weighted by atomic mass is 16.5. The molecule has 1 aromatic heterocycles. The second kappa shape index (κ2) is 4.99. The van der Waals surface area contributed by atoms with E-state index in [0.717, 1.165) is 24.4 Å². The molecular weight excluding hydrogens is 166 g/mol. The summed E-state index contributed by atoms with van der Waals surface area (Å²) in [5.41, 5.74) is 6.65. The van der Waals surface area contributed by atoms with Crippen LogP contribution in [0.3, 0.4) is 0 Å². The van der Waals surface area contributed by atoms with Gasteiger partial charge in [-0.1, -0.05) is 12.1 Å². The van der Waals surface area contributed by atoms with E-state index >= 15 is 0 Å². The highest BCUT2D eigenvalue weighted by molar-refractivity contribution is 5.02. The zero-order valence-electron chi connectivity index (χ0n) is 8.21. The van der Waals surface area contributed by atoms with E-state index in [9.17, 15) is 0 Å². The van der Waals surface area contributed by atoms with E-state index in [1.165, 1.54) is 0 Å². The number of hydrogen-bond acceptors (Lipinski definition) is 4. The van der Waals surface area contributed by atoms with Crippen molar-refractivity contribution in [2.24, 2.45) is 5.73 Å². The van der Waals surface area contributed by atoms with Crippen LogP contribution in [-0.4, -0.2) is 17.7 Å². The predicted molar refractivity (Wildman–Crippen MR) is 51.2 cm³/mol. The fraction of sp³-hybridized carbons (Fsp3) is 0.667. The Bertz CT molecular complexity index is 247. The van der Waals surface area contributed by atoms with Gasteiger partial charge in [0.15, 0.2) is 5.76 Å². The zero-order chi connectivity index (χ0) is 9.68. The van der Waals surface area contributed by atoms with Gasteiger partial charge in [-0.05, 0) is 13.3 Å². The van der Waals surface area contributed by atoms with E-state index in [1.54, 1.807) is 0 Å². The summed E-state index contributed by atoms with van der Waals surface area (Å²) in [4.78, 5) is 0. The minimum Gasteiger partial charge on any atom is -0.360 e. The van der Waals surface area contributed by atoms with Crippen LogP contribution in [0.4, 0.5) is 0 Å². The molecule has 1 atom stereocenters. The lowest BCUT2D eigenvalue weighted by Crippen LogP contribution is -2.32. The van der Waals surface area contributed by atoms with Crippen LogP contribution in [0.2, 0.25) is 0 Å². The average molecular weight is 183 g/mol. The summed E-state index contributed by atoms with van der Waals surface area (Å²) in [6, 6.07) is 2.15. The molecule has 0 amide bonds. The first kappa shape index (κ1) is 10.2. The van der Waals surface area contributed by atoms with Crippen molar-refractivity contribution in [2.75, 3.05) is 6.54 Å². The molecule has 1 unspecified atom stereocenters. The van der Waals surface area contributed by atoms with Gasteiger partial charge in [0, 0.05) is 18.7 Å². The molecule has 4 heteroatoms. The van der Waals surface area contributed by atoms with Gasteiger partial charge in [0.05, 0.1) is 12.2 Å². The first-order valence-corrected chi connectivity index (χ1v) is 4.61. The van der Waals surface area contributed by atoms with E-state index in [2.05, 4.69) is 17.4 Å². The molecule has 13 heavy (non-hydrogen) atoms. The van der Waals surface area contributed by atoms with Crippen LogP contribution < -0.4 is 11.1 Å². The van der Waals surface area contributed by atoms with E-state index in [1.807, 2.05) is 13.0 Å². The molecule has 1 heterocycles. The molecule has 0 aromatic carbocycles. The molecule has 0 radical (unpaired) electrons. The molecular formula is C9H17N3O. The third-order valence-corrected chi connectivity index (χ3v) is 1.91. The standard InChI is InChI=1S/C9H17N3O/c1-3-8(10)5-11-6-9-4-7(2)12-13-9/h4,8,11H,3,5-6,10H2,1-2H3. The summed E-state index contributed by atoms with van der Waals surface area (Å²) >= 11 is 0. The second-order valence-electron chi connectivity index (χ2n) is 3.23. The van der Waals surface area contributed by atoms with Crippen LogP contribution in [0, 0.1) is 6.92 Å². The van der Waals surface area contributed by atoms with Crippen molar-refractivity contribution in [1.29, 1.82) is 0 Å². The van der Waals surface area contributed by atoms with Gasteiger partial charge in [-0.15, -0.1) is 0 Å². The topological polar surface area (TPSA) is 64.1 Å². The molecule has 0 aliphatic carbocycles. The van der Waals surface area contributed by atoms with Gasteiger partial charge in [-0.3, -0.25) is 0 Å². The number of nitrogens with zero attached hydrogens (tertiary/aromatic N) is 1. The van der Waals surface area contributed by atoms with E-state index in [0.29, 0.717) is 6.54 Å². The molecule has 1 aromatic rings. The molecule has 3 N–H and O–H groups in total. The number of rotatable bonds is 5. The Kier molecular flexibility index (Phi) is 3.92. The Labute approximate surface area is 78.5 Å². The molecule has 0 saturated carbocycles. The van der Waals surface area contributed by atoms with Crippen LogP contribution in [0.1, 0.15) is 24.8 Å². The highest BCUT2D eigenvalue weighted by Gasteiger charge is 2.01. The van der Waals surface area contributed by atoms with Crippen LogP contribution in [0.5, 0.6) is 0 Å². The van der Waals surface area contributed by atoms with Gasteiger partial charge in [-0.25, -0.2) is 0 Å². The number of nitrogens with two attached hydrogens (primary N) is 1. The molecule has 0 saturated heterocycles. The van der Waals surface area contributed by atoms with Crippen molar-refractivity contribution in [3.63, 3.8) is 0 Å². The van der Waals surface area contributed by atoms with Crippen molar-refractivity contribution in [2.45, 2.75) is 32.9 Å². The normalized spacial score (nSPS) is 13.2. The fourth-order valence-corrected chi connectivity index (χ4v) is 1.02. The summed E-state index contributed by atoms with van der Waals surface area (Å²) < 4.78 is 5.03. The quantitative estimate of drug-likeness (QED) is 0.709. The number of nitrogens with one attached hydrogen (secondary N) is 1. The Balaban J connectivity index is 2.20. The van der Waals surface area contributed by atoms with Crippen molar-refractivity contribution < 1.29 is 4.52 Å². The van der Waals surface area contributed by atoms with Crippen molar-refractivity contribution >= 4 is 0 Å². The van der Waals surface area contributed by atoms with Crippen molar-refractivity contribution in [3.05, 3.63) is 17.5 Å². The average Bonchev–Trinajstić information content (AvgIpc) is 2.51. The first-order chi connectivity index (χ1) is 6.22. The van der Waals surface area contributed by atoms with Gasteiger partial charge < -0.3 is 15.6 Å². The maximum atomic E-state index is 5.73. The number of aromatic nitrogens is 1. The van der Waals surface area contributed by atoms with Gasteiger partial charge >= 0.3 is 0 Å². The van der Waals surface area contributed by atoms with Gasteiger partial charge in [-0.2, -0.15) is 0 Å². The van der Waals surface area contributed by atoms with Crippen LogP contribution in [0.25, 0.3) is 0 Å². The minimum absolute atomic E-state index is 0.226. The maximum Gasteiger partial charge on any atom is 0.150 e. The molecule has 4 nitrogen and oxygen atoms in total. The maximum absolute atomic E-state index is 5.73. The second-order valence-corrected chi connectivity index (χ2v) is 3.23. The van der Waals surface area contributed by atoms with Gasteiger partial charge in [0.25, 0.3) is 0 Å². The van der Waals surface area contributed by atoms with Gasteiger partial charge in [0.2, 0.25) is 0 Å². The Morgan fingerprint density at radius 2 is 2.46 bits per heavy atom. The molecule has 0 bridgehead atoms. The van der Waals surface area contributed by atoms with E-state index < -0.39 is 0 Å². The van der Waals surface area contributed by atoms with Crippen LogP contribution >= 0.6 is 0 Å².